The molecule has 1 amide bonds. The number of ether oxygens (including phenoxy) is 2. The average molecular weight is 213 g/mol. The minimum atomic E-state index is -1.08. The molecule has 0 aromatic rings. The van der Waals surface area contributed by atoms with E-state index in [1.165, 1.54) is 7.11 Å². The van der Waals surface area contributed by atoms with Crippen molar-refractivity contribution in [2.24, 2.45) is 5.41 Å². The maximum Gasteiger partial charge on any atom is 0.326 e. The monoisotopic (exact) mass is 213 g/mol. The van der Waals surface area contributed by atoms with Crippen molar-refractivity contribution >= 4 is 11.9 Å². The van der Waals surface area contributed by atoms with Crippen LogP contribution in [0.2, 0.25) is 0 Å². The highest BCUT2D eigenvalue weighted by Crippen LogP contribution is 2.30. The Bertz CT molecular complexity index is 281. The van der Waals surface area contributed by atoms with E-state index in [0.717, 1.165) is 19.3 Å². The van der Waals surface area contributed by atoms with Gasteiger partial charge in [-0.3, -0.25) is 9.59 Å². The van der Waals surface area contributed by atoms with Crippen molar-refractivity contribution in [2.75, 3.05) is 20.3 Å². The quantitative estimate of drug-likeness (QED) is 0.523. The smallest absolute Gasteiger partial charge is 0.326 e. The molecule has 1 saturated carbocycles. The van der Waals surface area contributed by atoms with Gasteiger partial charge in [0.1, 0.15) is 0 Å². The van der Waals surface area contributed by atoms with Crippen LogP contribution in [-0.4, -0.2) is 38.2 Å². The maximum atomic E-state index is 11.9. The van der Waals surface area contributed by atoms with E-state index in [1.54, 1.807) is 0 Å². The lowest BCUT2D eigenvalue weighted by Crippen LogP contribution is -2.61. The van der Waals surface area contributed by atoms with Gasteiger partial charge in [0.05, 0.1) is 20.3 Å². The van der Waals surface area contributed by atoms with Crippen molar-refractivity contribution in [2.45, 2.75) is 25.3 Å². The zero-order valence-electron chi connectivity index (χ0n) is 8.75. The van der Waals surface area contributed by atoms with Crippen LogP contribution in [0.1, 0.15) is 19.3 Å². The number of hydrogen-bond donors (Lipinski definition) is 1. The topological polar surface area (TPSA) is 64.6 Å². The van der Waals surface area contributed by atoms with E-state index in [9.17, 15) is 9.59 Å². The van der Waals surface area contributed by atoms with Gasteiger partial charge in [-0.2, -0.15) is 0 Å². The third-order valence-electron chi connectivity index (χ3n) is 3.15. The van der Waals surface area contributed by atoms with E-state index in [4.69, 9.17) is 4.74 Å². The van der Waals surface area contributed by atoms with Crippen molar-refractivity contribution in [3.63, 3.8) is 0 Å². The van der Waals surface area contributed by atoms with Gasteiger partial charge in [-0.1, -0.05) is 0 Å². The molecule has 1 heterocycles. The van der Waals surface area contributed by atoms with Gasteiger partial charge in [0.15, 0.2) is 5.41 Å². The summed E-state index contributed by atoms with van der Waals surface area (Å²) in [6, 6.07) is 0.236. The molecule has 84 valence electrons. The zero-order chi connectivity index (χ0) is 10.9. The number of hydrogen-bond acceptors (Lipinski definition) is 4. The third-order valence-corrected chi connectivity index (χ3v) is 3.15. The molecule has 0 aromatic heterocycles. The van der Waals surface area contributed by atoms with Crippen molar-refractivity contribution in [1.29, 1.82) is 0 Å². The number of esters is 1. The Morgan fingerprint density at radius 2 is 2.07 bits per heavy atom. The number of methoxy groups -OCH3 is 1. The molecule has 1 N–H and O–H groups in total. The number of nitrogens with one attached hydrogen (secondary N) is 1. The number of amides is 1. The Kier molecular flexibility index (Phi) is 2.65. The van der Waals surface area contributed by atoms with Crippen molar-refractivity contribution in [1.82, 2.24) is 5.32 Å². The molecule has 1 saturated heterocycles. The van der Waals surface area contributed by atoms with Crippen LogP contribution < -0.4 is 5.32 Å². The number of rotatable bonds is 3. The molecule has 2 fully saturated rings. The fourth-order valence-electron chi connectivity index (χ4n) is 1.72. The lowest BCUT2D eigenvalue weighted by Gasteiger charge is -2.39. The van der Waals surface area contributed by atoms with E-state index in [2.05, 4.69) is 10.1 Å². The van der Waals surface area contributed by atoms with Crippen molar-refractivity contribution in [3.05, 3.63) is 0 Å². The Morgan fingerprint density at radius 3 is 2.40 bits per heavy atom. The van der Waals surface area contributed by atoms with Crippen LogP contribution in [0.4, 0.5) is 0 Å². The molecule has 0 radical (unpaired) electrons. The molecule has 0 atom stereocenters. The minimum Gasteiger partial charge on any atom is -0.468 e. The Labute approximate surface area is 88.1 Å². The lowest BCUT2D eigenvalue weighted by molar-refractivity contribution is -0.188. The average Bonchev–Trinajstić information content (AvgIpc) is 2.09. The number of carbonyl (C=O) groups is 2. The van der Waals surface area contributed by atoms with Crippen LogP contribution in [0.5, 0.6) is 0 Å². The lowest BCUT2D eigenvalue weighted by atomic mass is 9.83. The maximum absolute atomic E-state index is 11.9. The second-order valence-corrected chi connectivity index (χ2v) is 4.17. The van der Waals surface area contributed by atoms with E-state index < -0.39 is 11.4 Å². The predicted octanol–water partition coefficient (Wildman–Crippen LogP) is -0.155. The van der Waals surface area contributed by atoms with Gasteiger partial charge in [-0.25, -0.2) is 0 Å². The summed E-state index contributed by atoms with van der Waals surface area (Å²) in [5.41, 5.74) is -1.08. The van der Waals surface area contributed by atoms with E-state index in [0.29, 0.717) is 0 Å². The first-order valence-corrected chi connectivity index (χ1v) is 5.16. The normalized spacial score (nSPS) is 23.5. The Balaban J connectivity index is 1.98. The summed E-state index contributed by atoms with van der Waals surface area (Å²) in [5, 5.41) is 2.85. The van der Waals surface area contributed by atoms with Crippen LogP contribution in [0, 0.1) is 5.41 Å². The van der Waals surface area contributed by atoms with Gasteiger partial charge in [-0.15, -0.1) is 0 Å². The van der Waals surface area contributed by atoms with Crippen molar-refractivity contribution < 1.29 is 19.1 Å². The molecule has 0 bridgehead atoms. The van der Waals surface area contributed by atoms with Gasteiger partial charge in [-0.05, 0) is 19.3 Å². The molecular weight excluding hydrogens is 198 g/mol. The highest BCUT2D eigenvalue weighted by Gasteiger charge is 2.54. The molecular formula is C10H15NO4. The third kappa shape index (κ3) is 1.61. The first-order valence-electron chi connectivity index (χ1n) is 5.16. The van der Waals surface area contributed by atoms with Crippen LogP contribution >= 0.6 is 0 Å². The summed E-state index contributed by atoms with van der Waals surface area (Å²) in [4.78, 5) is 23.3. The summed E-state index contributed by atoms with van der Waals surface area (Å²) < 4.78 is 9.59. The summed E-state index contributed by atoms with van der Waals surface area (Å²) in [7, 11) is 1.29. The molecule has 5 heteroatoms. The summed E-state index contributed by atoms with van der Waals surface area (Å²) >= 11 is 0. The SMILES string of the molecule is COC(=O)C1(C(=O)NC2CCC2)COC1. The van der Waals surface area contributed by atoms with Gasteiger partial charge in [0.25, 0.3) is 0 Å². The van der Waals surface area contributed by atoms with Crippen LogP contribution in [-0.2, 0) is 19.1 Å². The summed E-state index contributed by atoms with van der Waals surface area (Å²) in [5.74, 6) is -0.740. The van der Waals surface area contributed by atoms with Gasteiger partial charge in [0, 0.05) is 6.04 Å². The largest absolute Gasteiger partial charge is 0.468 e. The van der Waals surface area contributed by atoms with E-state index in [1.807, 2.05) is 0 Å². The Hall–Kier alpha value is -1.10. The van der Waals surface area contributed by atoms with Gasteiger partial charge in [0.2, 0.25) is 5.91 Å². The first-order chi connectivity index (χ1) is 7.19. The molecule has 0 unspecified atom stereocenters. The second kappa shape index (κ2) is 3.81. The van der Waals surface area contributed by atoms with E-state index in [-0.39, 0.29) is 25.2 Å². The molecule has 1 aliphatic carbocycles. The van der Waals surface area contributed by atoms with Gasteiger partial charge < -0.3 is 14.8 Å². The molecule has 0 aromatic carbocycles. The van der Waals surface area contributed by atoms with Crippen LogP contribution in [0.3, 0.4) is 0 Å². The molecule has 15 heavy (non-hydrogen) atoms. The first kappa shape index (κ1) is 10.4. The zero-order valence-corrected chi connectivity index (χ0v) is 8.75. The van der Waals surface area contributed by atoms with E-state index >= 15 is 0 Å². The summed E-state index contributed by atoms with van der Waals surface area (Å²) in [6.07, 6.45) is 3.15. The predicted molar refractivity (Wildman–Crippen MR) is 51.0 cm³/mol. The highest BCUT2D eigenvalue weighted by molar-refractivity contribution is 6.04. The van der Waals surface area contributed by atoms with Crippen LogP contribution in [0.15, 0.2) is 0 Å². The summed E-state index contributed by atoms with van der Waals surface area (Å²) in [6.45, 7) is 0.274. The fraction of sp³-hybridized carbons (Fsp3) is 0.800. The number of carbonyl (C=O) groups excluding carboxylic acids is 2. The molecule has 2 aliphatic rings. The van der Waals surface area contributed by atoms with Crippen LogP contribution in [0.25, 0.3) is 0 Å². The van der Waals surface area contributed by atoms with Gasteiger partial charge >= 0.3 is 5.97 Å². The molecule has 5 nitrogen and oxygen atoms in total. The Morgan fingerprint density at radius 1 is 1.40 bits per heavy atom. The molecule has 0 spiro atoms. The molecule has 1 aliphatic heterocycles. The molecule has 2 rings (SSSR count). The van der Waals surface area contributed by atoms with Crippen molar-refractivity contribution in [3.8, 4) is 0 Å². The highest BCUT2D eigenvalue weighted by atomic mass is 16.5. The fourth-order valence-corrected chi connectivity index (χ4v) is 1.72. The minimum absolute atomic E-state index is 0.137. The standard InChI is InChI=1S/C10H15NO4/c1-14-9(13)10(5-15-6-10)8(12)11-7-3-2-4-7/h7H,2-6H2,1H3,(H,11,12). The second-order valence-electron chi connectivity index (χ2n) is 4.17.